The fourth-order valence-corrected chi connectivity index (χ4v) is 0.871. The van der Waals surface area contributed by atoms with Crippen molar-refractivity contribution < 1.29 is 23.9 Å². The summed E-state index contributed by atoms with van der Waals surface area (Å²) in [7, 11) is 0. The molecule has 15 heavy (non-hydrogen) atoms. The van der Waals surface area contributed by atoms with Gasteiger partial charge in [-0.15, -0.1) is 0 Å². The van der Waals surface area contributed by atoms with Gasteiger partial charge in [-0.05, 0) is 20.8 Å². The maximum atomic E-state index is 11.3. The van der Waals surface area contributed by atoms with Crippen molar-refractivity contribution in [1.82, 2.24) is 0 Å². The standard InChI is InChI=1S/C10H14O5/c1-4-14-9(12)8(7(3)6-11)10(13)15-5-2/h6H,4-5H2,1-3H3. The number of carbonyl (C=O) groups is 3. The molecule has 0 amide bonds. The van der Waals surface area contributed by atoms with Crippen molar-refractivity contribution >= 4 is 18.2 Å². The molecule has 0 fully saturated rings. The smallest absolute Gasteiger partial charge is 0.345 e. The summed E-state index contributed by atoms with van der Waals surface area (Å²) in [6.07, 6.45) is 0.420. The van der Waals surface area contributed by atoms with Crippen molar-refractivity contribution in [2.24, 2.45) is 0 Å². The van der Waals surface area contributed by atoms with Crippen LogP contribution in [0.1, 0.15) is 20.8 Å². The van der Waals surface area contributed by atoms with E-state index < -0.39 is 11.9 Å². The maximum Gasteiger partial charge on any atom is 0.345 e. The van der Waals surface area contributed by atoms with Gasteiger partial charge in [0.2, 0.25) is 0 Å². The number of aldehydes is 1. The SMILES string of the molecule is CCOC(=O)C(C(=O)OCC)=C(C)C=O. The minimum atomic E-state index is -0.833. The van der Waals surface area contributed by atoms with Crippen molar-refractivity contribution in [3.05, 3.63) is 11.1 Å². The molecule has 5 heteroatoms. The van der Waals surface area contributed by atoms with Gasteiger partial charge in [-0.2, -0.15) is 0 Å². The van der Waals surface area contributed by atoms with Crippen molar-refractivity contribution in [1.29, 1.82) is 0 Å². The van der Waals surface area contributed by atoms with Crippen LogP contribution in [0, 0.1) is 0 Å². The van der Waals surface area contributed by atoms with E-state index in [1.807, 2.05) is 0 Å². The first-order chi connectivity index (χ1) is 7.08. The van der Waals surface area contributed by atoms with Crippen LogP contribution in [0.15, 0.2) is 11.1 Å². The highest BCUT2D eigenvalue weighted by molar-refractivity contribution is 6.17. The van der Waals surface area contributed by atoms with Gasteiger partial charge in [0.1, 0.15) is 6.29 Å². The van der Waals surface area contributed by atoms with Crippen LogP contribution in [0.25, 0.3) is 0 Å². The third-order valence-electron chi connectivity index (χ3n) is 1.53. The molecule has 0 bridgehead atoms. The highest BCUT2D eigenvalue weighted by Crippen LogP contribution is 2.07. The fourth-order valence-electron chi connectivity index (χ4n) is 0.871. The van der Waals surface area contributed by atoms with Gasteiger partial charge in [0.25, 0.3) is 0 Å². The molecule has 0 heterocycles. The van der Waals surface area contributed by atoms with Crippen LogP contribution in [0.4, 0.5) is 0 Å². The summed E-state index contributed by atoms with van der Waals surface area (Å²) >= 11 is 0. The van der Waals surface area contributed by atoms with E-state index in [0.29, 0.717) is 6.29 Å². The number of allylic oxidation sites excluding steroid dienone is 1. The van der Waals surface area contributed by atoms with Crippen LogP contribution in [-0.2, 0) is 23.9 Å². The molecule has 0 saturated carbocycles. The predicted octanol–water partition coefficient (Wildman–Crippen LogP) is 0.628. The summed E-state index contributed by atoms with van der Waals surface area (Å²) in [4.78, 5) is 33.1. The monoisotopic (exact) mass is 214 g/mol. The third kappa shape index (κ3) is 3.93. The first-order valence-corrected chi connectivity index (χ1v) is 4.58. The molecular formula is C10H14O5. The molecule has 0 aliphatic carbocycles. The summed E-state index contributed by atoms with van der Waals surface area (Å²) in [5, 5.41) is 0. The number of esters is 2. The Labute approximate surface area is 88.0 Å². The van der Waals surface area contributed by atoms with E-state index in [1.165, 1.54) is 6.92 Å². The van der Waals surface area contributed by atoms with Gasteiger partial charge < -0.3 is 9.47 Å². The highest BCUT2D eigenvalue weighted by atomic mass is 16.6. The Kier molecular flexibility index (Phi) is 6.01. The molecule has 0 saturated heterocycles. The van der Waals surface area contributed by atoms with E-state index in [0.717, 1.165) is 0 Å². The lowest BCUT2D eigenvalue weighted by Gasteiger charge is -2.07. The number of hydrogen-bond acceptors (Lipinski definition) is 5. The lowest BCUT2D eigenvalue weighted by molar-refractivity contribution is -0.146. The predicted molar refractivity (Wildman–Crippen MR) is 52.0 cm³/mol. The molecule has 0 rings (SSSR count). The average Bonchev–Trinajstić information content (AvgIpc) is 2.18. The Morgan fingerprint density at radius 2 is 1.47 bits per heavy atom. The molecule has 0 aromatic heterocycles. The lowest BCUT2D eigenvalue weighted by atomic mass is 10.1. The molecule has 0 aliphatic rings. The molecular weight excluding hydrogens is 200 g/mol. The number of hydrogen-bond donors (Lipinski definition) is 0. The molecule has 0 N–H and O–H groups in total. The average molecular weight is 214 g/mol. The fraction of sp³-hybridized carbons (Fsp3) is 0.500. The minimum absolute atomic E-state index is 0.00639. The Bertz CT molecular complexity index is 270. The van der Waals surface area contributed by atoms with Crippen LogP contribution >= 0.6 is 0 Å². The van der Waals surface area contributed by atoms with E-state index in [-0.39, 0.29) is 24.4 Å². The van der Waals surface area contributed by atoms with Gasteiger partial charge in [0.05, 0.1) is 13.2 Å². The van der Waals surface area contributed by atoms with E-state index in [4.69, 9.17) is 0 Å². The Morgan fingerprint density at radius 1 is 1.07 bits per heavy atom. The summed E-state index contributed by atoms with van der Waals surface area (Å²) in [6.45, 7) is 4.84. The number of carbonyl (C=O) groups excluding carboxylic acids is 3. The molecule has 0 radical (unpaired) electrons. The molecule has 0 unspecified atom stereocenters. The topological polar surface area (TPSA) is 69.7 Å². The van der Waals surface area contributed by atoms with Gasteiger partial charge in [-0.1, -0.05) is 0 Å². The highest BCUT2D eigenvalue weighted by Gasteiger charge is 2.23. The molecule has 0 aromatic carbocycles. The second-order valence-corrected chi connectivity index (χ2v) is 2.62. The summed E-state index contributed by atoms with van der Waals surface area (Å²) in [6, 6.07) is 0. The van der Waals surface area contributed by atoms with E-state index in [9.17, 15) is 14.4 Å². The van der Waals surface area contributed by atoms with E-state index in [1.54, 1.807) is 13.8 Å². The minimum Gasteiger partial charge on any atom is -0.462 e. The van der Waals surface area contributed by atoms with Gasteiger partial charge in [-0.25, -0.2) is 9.59 Å². The van der Waals surface area contributed by atoms with Crippen molar-refractivity contribution in [3.8, 4) is 0 Å². The summed E-state index contributed by atoms with van der Waals surface area (Å²) < 4.78 is 9.28. The van der Waals surface area contributed by atoms with Gasteiger partial charge >= 0.3 is 11.9 Å². The maximum absolute atomic E-state index is 11.3. The molecule has 84 valence electrons. The van der Waals surface area contributed by atoms with Crippen molar-refractivity contribution in [2.45, 2.75) is 20.8 Å². The van der Waals surface area contributed by atoms with E-state index >= 15 is 0 Å². The molecule has 5 nitrogen and oxygen atoms in total. The Balaban J connectivity index is 4.98. The van der Waals surface area contributed by atoms with Crippen LogP contribution in [0.2, 0.25) is 0 Å². The molecule has 0 aliphatic heterocycles. The number of rotatable bonds is 5. The Morgan fingerprint density at radius 3 is 1.73 bits per heavy atom. The van der Waals surface area contributed by atoms with Crippen LogP contribution in [-0.4, -0.2) is 31.4 Å². The van der Waals surface area contributed by atoms with Crippen molar-refractivity contribution in [2.75, 3.05) is 13.2 Å². The third-order valence-corrected chi connectivity index (χ3v) is 1.53. The van der Waals surface area contributed by atoms with E-state index in [2.05, 4.69) is 9.47 Å². The zero-order valence-electron chi connectivity index (χ0n) is 9.03. The summed E-state index contributed by atoms with van der Waals surface area (Å²) in [5.41, 5.74) is -0.333. The Hall–Kier alpha value is -1.65. The molecule has 0 spiro atoms. The van der Waals surface area contributed by atoms with Gasteiger partial charge in [0.15, 0.2) is 5.57 Å². The zero-order valence-corrected chi connectivity index (χ0v) is 9.03. The first kappa shape index (κ1) is 13.4. The first-order valence-electron chi connectivity index (χ1n) is 4.58. The van der Waals surface area contributed by atoms with Crippen LogP contribution in [0.3, 0.4) is 0 Å². The van der Waals surface area contributed by atoms with Gasteiger partial charge in [0, 0.05) is 5.57 Å². The largest absolute Gasteiger partial charge is 0.462 e. The lowest BCUT2D eigenvalue weighted by Crippen LogP contribution is -2.20. The number of ether oxygens (including phenoxy) is 2. The normalized spacial score (nSPS) is 9.00. The second-order valence-electron chi connectivity index (χ2n) is 2.62. The summed E-state index contributed by atoms with van der Waals surface area (Å²) in [5.74, 6) is -1.67. The molecule has 0 aromatic rings. The molecule has 0 atom stereocenters. The quantitative estimate of drug-likeness (QED) is 0.221. The zero-order chi connectivity index (χ0) is 11.8. The second kappa shape index (κ2) is 6.75. The van der Waals surface area contributed by atoms with Gasteiger partial charge in [-0.3, -0.25) is 4.79 Å². The van der Waals surface area contributed by atoms with Crippen LogP contribution < -0.4 is 0 Å². The van der Waals surface area contributed by atoms with Crippen LogP contribution in [0.5, 0.6) is 0 Å². The van der Waals surface area contributed by atoms with Crippen molar-refractivity contribution in [3.63, 3.8) is 0 Å².